The lowest BCUT2D eigenvalue weighted by Crippen LogP contribution is -2.40. The molecule has 0 saturated carbocycles. The van der Waals surface area contributed by atoms with Gasteiger partial charge in [0.05, 0.1) is 11.7 Å². The molecule has 2 aromatic rings. The molecular weight excluding hydrogens is 272 g/mol. The first-order valence-corrected chi connectivity index (χ1v) is 7.43. The maximum Gasteiger partial charge on any atom is 0.243 e. The first kappa shape index (κ1) is 14.6. The Kier molecular flexibility index (Phi) is 4.81. The molecule has 1 amide bonds. The number of amides is 1. The Morgan fingerprint density at radius 3 is 2.90 bits per heavy atom. The zero-order chi connectivity index (χ0) is 14.5. The summed E-state index contributed by atoms with van der Waals surface area (Å²) in [6.07, 6.45) is 2.58. The molecule has 0 bridgehead atoms. The van der Waals surface area contributed by atoms with Crippen LogP contribution in [0.1, 0.15) is 20.3 Å². The molecule has 2 rings (SSSR count). The van der Waals surface area contributed by atoms with E-state index >= 15 is 0 Å². The summed E-state index contributed by atoms with van der Waals surface area (Å²) in [5.74, 6) is -0.0495. The number of carbonyl (C=O) groups is 1. The number of hydrogen-bond acceptors (Lipinski definition) is 5. The Bertz CT molecular complexity index is 570. The van der Waals surface area contributed by atoms with Crippen LogP contribution in [0.15, 0.2) is 29.8 Å². The van der Waals surface area contributed by atoms with E-state index < -0.39 is 6.04 Å². The average molecular weight is 290 g/mol. The van der Waals surface area contributed by atoms with Crippen LogP contribution in [0, 0.1) is 5.92 Å². The lowest BCUT2D eigenvalue weighted by Gasteiger charge is -2.16. The van der Waals surface area contributed by atoms with Crippen LogP contribution in [-0.4, -0.2) is 21.9 Å². The molecule has 20 heavy (non-hydrogen) atoms. The van der Waals surface area contributed by atoms with Gasteiger partial charge in [0.1, 0.15) is 5.69 Å². The van der Waals surface area contributed by atoms with E-state index in [-0.39, 0.29) is 11.8 Å². The van der Waals surface area contributed by atoms with E-state index in [0.29, 0.717) is 5.13 Å². The van der Waals surface area contributed by atoms with Gasteiger partial charge >= 0.3 is 0 Å². The van der Waals surface area contributed by atoms with Gasteiger partial charge in [-0.2, -0.15) is 0 Å². The van der Waals surface area contributed by atoms with Gasteiger partial charge in [-0.25, -0.2) is 4.98 Å². The summed E-state index contributed by atoms with van der Waals surface area (Å²) in [6.45, 7) is 3.98. The number of thiazole rings is 1. The molecule has 6 heteroatoms. The number of anilines is 1. The standard InChI is InChI=1S/C14H18N4OS/c1-3-9(2)12(15)13(19)18-14-17-11(8-20-14)10-6-4-5-7-16-10/h4-9,12H,3,15H2,1-2H3,(H,17,18,19). The zero-order valence-corrected chi connectivity index (χ0v) is 12.4. The van der Waals surface area contributed by atoms with Crippen LogP contribution in [0.3, 0.4) is 0 Å². The van der Waals surface area contributed by atoms with E-state index in [4.69, 9.17) is 5.73 Å². The first-order chi connectivity index (χ1) is 9.61. The highest BCUT2D eigenvalue weighted by Crippen LogP contribution is 2.23. The van der Waals surface area contributed by atoms with E-state index in [0.717, 1.165) is 17.8 Å². The van der Waals surface area contributed by atoms with Gasteiger partial charge < -0.3 is 11.1 Å². The highest BCUT2D eigenvalue weighted by atomic mass is 32.1. The van der Waals surface area contributed by atoms with Crippen LogP contribution in [-0.2, 0) is 4.79 Å². The Labute approximate surface area is 122 Å². The molecule has 2 unspecified atom stereocenters. The second-order valence-electron chi connectivity index (χ2n) is 4.65. The van der Waals surface area contributed by atoms with Crippen molar-refractivity contribution in [3.05, 3.63) is 29.8 Å². The number of pyridine rings is 1. The fourth-order valence-corrected chi connectivity index (χ4v) is 2.37. The predicted molar refractivity (Wildman–Crippen MR) is 81.4 cm³/mol. The van der Waals surface area contributed by atoms with Crippen molar-refractivity contribution < 1.29 is 4.79 Å². The van der Waals surface area contributed by atoms with Gasteiger partial charge in [-0.1, -0.05) is 26.3 Å². The molecule has 2 aromatic heterocycles. The van der Waals surface area contributed by atoms with Crippen molar-refractivity contribution in [2.45, 2.75) is 26.3 Å². The molecule has 2 heterocycles. The lowest BCUT2D eigenvalue weighted by molar-refractivity contribution is -0.118. The molecule has 0 saturated heterocycles. The molecule has 0 spiro atoms. The van der Waals surface area contributed by atoms with E-state index in [1.54, 1.807) is 6.20 Å². The summed E-state index contributed by atoms with van der Waals surface area (Å²) in [5.41, 5.74) is 7.43. The number of carbonyl (C=O) groups excluding carboxylic acids is 1. The monoisotopic (exact) mass is 290 g/mol. The third-order valence-corrected chi connectivity index (χ3v) is 3.98. The number of nitrogens with two attached hydrogens (primary N) is 1. The van der Waals surface area contributed by atoms with Crippen LogP contribution < -0.4 is 11.1 Å². The van der Waals surface area contributed by atoms with Crippen molar-refractivity contribution in [3.8, 4) is 11.4 Å². The van der Waals surface area contributed by atoms with Crippen LogP contribution in [0.25, 0.3) is 11.4 Å². The van der Waals surface area contributed by atoms with Crippen molar-refractivity contribution in [2.75, 3.05) is 5.32 Å². The molecule has 5 nitrogen and oxygen atoms in total. The summed E-state index contributed by atoms with van der Waals surface area (Å²) in [5, 5.41) is 5.18. The summed E-state index contributed by atoms with van der Waals surface area (Å²) >= 11 is 1.37. The van der Waals surface area contributed by atoms with Crippen LogP contribution in [0.2, 0.25) is 0 Å². The second-order valence-corrected chi connectivity index (χ2v) is 5.51. The van der Waals surface area contributed by atoms with Gasteiger partial charge in [-0.15, -0.1) is 11.3 Å². The summed E-state index contributed by atoms with van der Waals surface area (Å²) < 4.78 is 0. The van der Waals surface area contributed by atoms with Crippen LogP contribution in [0.4, 0.5) is 5.13 Å². The zero-order valence-electron chi connectivity index (χ0n) is 11.5. The molecular formula is C14H18N4OS. The SMILES string of the molecule is CCC(C)C(N)C(=O)Nc1nc(-c2ccccn2)cs1. The smallest absolute Gasteiger partial charge is 0.243 e. The van der Waals surface area contributed by atoms with Gasteiger partial charge in [0.15, 0.2) is 5.13 Å². The molecule has 3 N–H and O–H groups in total. The van der Waals surface area contributed by atoms with Crippen molar-refractivity contribution in [1.29, 1.82) is 0 Å². The molecule has 0 aliphatic heterocycles. The normalized spacial score (nSPS) is 13.8. The number of hydrogen-bond donors (Lipinski definition) is 2. The van der Waals surface area contributed by atoms with Gasteiger partial charge in [-0.05, 0) is 18.1 Å². The average Bonchev–Trinajstić information content (AvgIpc) is 2.95. The molecule has 2 atom stereocenters. The van der Waals surface area contributed by atoms with E-state index in [2.05, 4.69) is 15.3 Å². The van der Waals surface area contributed by atoms with E-state index in [1.807, 2.05) is 37.4 Å². The molecule has 106 valence electrons. The Hall–Kier alpha value is -1.79. The van der Waals surface area contributed by atoms with Crippen molar-refractivity contribution in [2.24, 2.45) is 11.7 Å². The minimum absolute atomic E-state index is 0.144. The number of aromatic nitrogens is 2. The number of nitrogens with zero attached hydrogens (tertiary/aromatic N) is 2. The minimum Gasteiger partial charge on any atom is -0.320 e. The molecule has 0 aliphatic carbocycles. The van der Waals surface area contributed by atoms with Gasteiger partial charge in [-0.3, -0.25) is 9.78 Å². The van der Waals surface area contributed by atoms with Crippen LogP contribution in [0.5, 0.6) is 0 Å². The summed E-state index contributed by atoms with van der Waals surface area (Å²) in [7, 11) is 0. The Morgan fingerprint density at radius 1 is 1.45 bits per heavy atom. The first-order valence-electron chi connectivity index (χ1n) is 6.55. The summed E-state index contributed by atoms with van der Waals surface area (Å²) in [4.78, 5) is 20.6. The second kappa shape index (κ2) is 6.58. The molecule has 0 aromatic carbocycles. The van der Waals surface area contributed by atoms with Crippen LogP contribution >= 0.6 is 11.3 Å². The number of nitrogens with one attached hydrogen (secondary N) is 1. The van der Waals surface area contributed by atoms with Crippen molar-refractivity contribution >= 4 is 22.4 Å². The largest absolute Gasteiger partial charge is 0.320 e. The van der Waals surface area contributed by atoms with Gasteiger partial charge in [0, 0.05) is 11.6 Å². The van der Waals surface area contributed by atoms with Gasteiger partial charge in [0.2, 0.25) is 5.91 Å². The highest BCUT2D eigenvalue weighted by molar-refractivity contribution is 7.14. The number of rotatable bonds is 5. The predicted octanol–water partition coefficient (Wildman–Crippen LogP) is 2.52. The fourth-order valence-electron chi connectivity index (χ4n) is 1.66. The summed E-state index contributed by atoms with van der Waals surface area (Å²) in [6, 6.07) is 5.12. The fraction of sp³-hybridized carbons (Fsp3) is 0.357. The van der Waals surface area contributed by atoms with Gasteiger partial charge in [0.25, 0.3) is 0 Å². The van der Waals surface area contributed by atoms with Crippen molar-refractivity contribution in [3.63, 3.8) is 0 Å². The van der Waals surface area contributed by atoms with E-state index in [1.165, 1.54) is 11.3 Å². The maximum atomic E-state index is 12.0. The topological polar surface area (TPSA) is 80.9 Å². The Morgan fingerprint density at radius 2 is 2.25 bits per heavy atom. The van der Waals surface area contributed by atoms with E-state index in [9.17, 15) is 4.79 Å². The Balaban J connectivity index is 2.05. The minimum atomic E-state index is -0.512. The van der Waals surface area contributed by atoms with Crippen molar-refractivity contribution in [1.82, 2.24) is 9.97 Å². The quantitative estimate of drug-likeness (QED) is 0.886. The molecule has 0 aliphatic rings. The third-order valence-electron chi connectivity index (χ3n) is 3.22. The molecule has 0 radical (unpaired) electrons. The highest BCUT2D eigenvalue weighted by Gasteiger charge is 2.20. The lowest BCUT2D eigenvalue weighted by atomic mass is 10.00. The molecule has 0 fully saturated rings. The third kappa shape index (κ3) is 3.40. The maximum absolute atomic E-state index is 12.0.